The van der Waals surface area contributed by atoms with E-state index in [1.54, 1.807) is 19.1 Å². The van der Waals surface area contributed by atoms with Crippen molar-refractivity contribution in [2.24, 2.45) is 0 Å². The van der Waals surface area contributed by atoms with E-state index < -0.39 is 19.0 Å². The molecule has 3 rings (SSSR count). The second kappa shape index (κ2) is 8.40. The van der Waals surface area contributed by atoms with Gasteiger partial charge in [0.25, 0.3) is 0 Å². The van der Waals surface area contributed by atoms with Crippen LogP contribution in [0.3, 0.4) is 0 Å². The molecule has 2 aromatic rings. The fraction of sp³-hybridized carbons (Fsp3) is 0.389. The number of carbonyl (C=O) groups excluding carboxylic acids is 1. The number of hydrogen-bond donors (Lipinski definition) is 1. The summed E-state index contributed by atoms with van der Waals surface area (Å²) in [6.45, 7) is -2.60. The van der Waals surface area contributed by atoms with Gasteiger partial charge in [-0.15, -0.1) is 0 Å². The molecule has 0 aliphatic heterocycles. The van der Waals surface area contributed by atoms with Crippen LogP contribution in [0.2, 0.25) is 0 Å². The molecule has 2 atom stereocenters. The molecule has 6 nitrogen and oxygen atoms in total. The average Bonchev–Trinajstić information content (AvgIpc) is 3.13. The largest absolute Gasteiger partial charge is 0.532 e. The van der Waals surface area contributed by atoms with Crippen molar-refractivity contribution in [3.05, 3.63) is 42.5 Å². The Morgan fingerprint density at radius 3 is 2.65 bits per heavy atom. The van der Waals surface area contributed by atoms with Crippen molar-refractivity contribution >= 4 is 34.9 Å². The lowest BCUT2D eigenvalue weighted by Gasteiger charge is -2.18. The summed E-state index contributed by atoms with van der Waals surface area (Å²) in [5.74, 6) is -0.515. The monoisotopic (exact) mass is 397 g/mol. The molecule has 1 saturated carbocycles. The highest BCUT2D eigenvalue weighted by atomic mass is 35.7. The Morgan fingerprint density at radius 2 is 1.88 bits per heavy atom. The van der Waals surface area contributed by atoms with Crippen molar-refractivity contribution in [3.63, 3.8) is 0 Å². The van der Waals surface area contributed by atoms with Gasteiger partial charge in [-0.25, -0.2) is 9.36 Å². The summed E-state index contributed by atoms with van der Waals surface area (Å²) < 4.78 is 22.6. The zero-order chi connectivity index (χ0) is 18.6. The second-order valence-corrected chi connectivity index (χ2v) is 8.74. The highest BCUT2D eigenvalue weighted by Gasteiger charge is 2.31. The number of halogens is 1. The Kier molecular flexibility index (Phi) is 6.20. The molecule has 8 heteroatoms. The Labute approximate surface area is 157 Å². The quantitative estimate of drug-likeness (QED) is 0.525. The van der Waals surface area contributed by atoms with E-state index in [1.165, 1.54) is 0 Å². The molecule has 0 radical (unpaired) electrons. The molecule has 1 aliphatic rings. The first-order valence-corrected chi connectivity index (χ1v) is 11.0. The van der Waals surface area contributed by atoms with Crippen molar-refractivity contribution in [1.82, 2.24) is 5.48 Å². The smallest absolute Gasteiger partial charge is 0.404 e. The topological polar surface area (TPSA) is 73.9 Å². The highest BCUT2D eigenvalue weighted by molar-refractivity contribution is 7.82. The summed E-state index contributed by atoms with van der Waals surface area (Å²) >= 11 is 5.86. The third-order valence-electron chi connectivity index (χ3n) is 4.22. The van der Waals surface area contributed by atoms with E-state index in [0.717, 1.165) is 36.5 Å². The summed E-state index contributed by atoms with van der Waals surface area (Å²) in [4.78, 5) is 17.6. The van der Waals surface area contributed by atoms with Crippen LogP contribution >= 0.6 is 18.2 Å². The first kappa shape index (κ1) is 19.2. The predicted octanol–water partition coefficient (Wildman–Crippen LogP) is 4.96. The van der Waals surface area contributed by atoms with Gasteiger partial charge < -0.3 is 9.05 Å². The molecule has 1 fully saturated rings. The molecule has 0 heterocycles. The molecule has 26 heavy (non-hydrogen) atoms. The van der Waals surface area contributed by atoms with E-state index in [9.17, 15) is 9.36 Å². The predicted molar refractivity (Wildman–Crippen MR) is 100 cm³/mol. The SMILES string of the molecule is C[C@H](NOC1CCCC1)C(=O)OP(=O)(Cl)Oc1cccc2ccccc12. The van der Waals surface area contributed by atoms with E-state index in [1.807, 2.05) is 30.3 Å². The Balaban J connectivity index is 1.60. The molecule has 0 bridgehead atoms. The Morgan fingerprint density at radius 1 is 1.19 bits per heavy atom. The van der Waals surface area contributed by atoms with Crippen LogP contribution < -0.4 is 10.0 Å². The van der Waals surface area contributed by atoms with Crippen LogP contribution in [0.25, 0.3) is 10.8 Å². The summed E-state index contributed by atoms with van der Waals surface area (Å²) in [6.07, 6.45) is 4.21. The maximum atomic E-state index is 12.4. The van der Waals surface area contributed by atoms with Gasteiger partial charge in [-0.2, -0.15) is 5.48 Å². The maximum Gasteiger partial charge on any atom is 0.532 e. The lowest BCUT2D eigenvalue weighted by atomic mass is 10.1. The van der Waals surface area contributed by atoms with Gasteiger partial charge in [0.1, 0.15) is 11.8 Å². The summed E-state index contributed by atoms with van der Waals surface area (Å²) in [6, 6.07) is 11.8. The molecule has 2 aromatic carbocycles. The van der Waals surface area contributed by atoms with Gasteiger partial charge in [0.2, 0.25) is 0 Å². The second-order valence-electron chi connectivity index (χ2n) is 6.27. The summed E-state index contributed by atoms with van der Waals surface area (Å²) in [5.41, 5.74) is 2.63. The summed E-state index contributed by atoms with van der Waals surface area (Å²) in [7, 11) is 0. The van der Waals surface area contributed by atoms with Crippen LogP contribution in [-0.2, 0) is 18.7 Å². The van der Waals surface area contributed by atoms with E-state index in [-0.39, 0.29) is 11.9 Å². The number of hydrogen-bond acceptors (Lipinski definition) is 6. The van der Waals surface area contributed by atoms with E-state index in [0.29, 0.717) is 0 Å². The van der Waals surface area contributed by atoms with Crippen molar-refractivity contribution < 1.29 is 23.2 Å². The van der Waals surface area contributed by atoms with Gasteiger partial charge in [-0.3, -0.25) is 4.84 Å². The van der Waals surface area contributed by atoms with E-state index in [2.05, 4.69) is 5.48 Å². The number of fused-ring (bicyclic) bond motifs is 1. The highest BCUT2D eigenvalue weighted by Crippen LogP contribution is 2.54. The maximum absolute atomic E-state index is 12.4. The average molecular weight is 398 g/mol. The van der Waals surface area contributed by atoms with Crippen LogP contribution in [0.5, 0.6) is 5.75 Å². The third-order valence-corrected chi connectivity index (χ3v) is 5.45. The molecule has 0 aromatic heterocycles. The fourth-order valence-electron chi connectivity index (χ4n) is 2.85. The van der Waals surface area contributed by atoms with Gasteiger partial charge in [0, 0.05) is 16.6 Å². The number of nitrogens with one attached hydrogen (secondary N) is 1. The molecule has 1 N–H and O–H groups in total. The zero-order valence-corrected chi connectivity index (χ0v) is 16.0. The lowest BCUT2D eigenvalue weighted by Crippen LogP contribution is -2.37. The molecular formula is C18H21ClNO5P. The van der Waals surface area contributed by atoms with Gasteiger partial charge in [-0.1, -0.05) is 49.2 Å². The minimum Gasteiger partial charge on any atom is -0.404 e. The van der Waals surface area contributed by atoms with Crippen LogP contribution in [0.15, 0.2) is 42.5 Å². The Bertz CT molecular complexity index is 819. The van der Waals surface area contributed by atoms with Gasteiger partial charge in [-0.05, 0) is 31.2 Å². The van der Waals surface area contributed by atoms with E-state index in [4.69, 9.17) is 25.1 Å². The van der Waals surface area contributed by atoms with Crippen LogP contribution in [0.4, 0.5) is 0 Å². The molecular weight excluding hydrogens is 377 g/mol. The molecule has 0 amide bonds. The molecule has 0 saturated heterocycles. The van der Waals surface area contributed by atoms with Crippen molar-refractivity contribution in [1.29, 1.82) is 0 Å². The number of rotatable bonds is 7. The fourth-order valence-corrected chi connectivity index (χ4v) is 4.08. The van der Waals surface area contributed by atoms with Gasteiger partial charge >= 0.3 is 12.9 Å². The lowest BCUT2D eigenvalue weighted by molar-refractivity contribution is -0.142. The first-order valence-electron chi connectivity index (χ1n) is 8.56. The van der Waals surface area contributed by atoms with Crippen molar-refractivity contribution in [2.45, 2.75) is 44.8 Å². The van der Waals surface area contributed by atoms with Gasteiger partial charge in [0.15, 0.2) is 0 Å². The van der Waals surface area contributed by atoms with Crippen molar-refractivity contribution in [3.8, 4) is 5.75 Å². The molecule has 0 spiro atoms. The van der Waals surface area contributed by atoms with Crippen LogP contribution in [0, 0.1) is 0 Å². The number of carbonyl (C=O) groups is 1. The Hall–Kier alpha value is -1.59. The summed E-state index contributed by atoms with van der Waals surface area (Å²) in [5, 5.41) is 1.62. The normalized spacial score (nSPS) is 18.4. The minimum atomic E-state index is -4.15. The molecule has 140 valence electrons. The van der Waals surface area contributed by atoms with Crippen LogP contribution in [-0.4, -0.2) is 18.1 Å². The number of hydroxylamine groups is 1. The molecule has 1 unspecified atom stereocenters. The first-order chi connectivity index (χ1) is 12.4. The standard InChI is InChI=1S/C18H21ClNO5P/c1-13(20-23-15-9-3-4-10-15)18(21)25-26(19,22)24-17-12-6-8-14-7-2-5-11-16(14)17/h2,5-8,11-13,15,20H,3-4,9-10H2,1H3/t13-,26?/m0/s1. The van der Waals surface area contributed by atoms with Gasteiger partial charge in [0.05, 0.1) is 6.10 Å². The zero-order valence-electron chi connectivity index (χ0n) is 14.4. The third kappa shape index (κ3) is 4.98. The van der Waals surface area contributed by atoms with Crippen molar-refractivity contribution in [2.75, 3.05) is 0 Å². The van der Waals surface area contributed by atoms with E-state index >= 15 is 0 Å². The number of benzene rings is 2. The minimum absolute atomic E-state index is 0.0833. The van der Waals surface area contributed by atoms with Crippen LogP contribution in [0.1, 0.15) is 32.6 Å². The molecule has 1 aliphatic carbocycles.